The van der Waals surface area contributed by atoms with E-state index in [1.807, 2.05) is 6.92 Å². The van der Waals surface area contributed by atoms with Crippen molar-refractivity contribution in [1.82, 2.24) is 4.31 Å². The first kappa shape index (κ1) is 21.6. The number of hydrogen-bond acceptors (Lipinski definition) is 4. The molecule has 0 bridgehead atoms. The number of benzene rings is 2. The van der Waals surface area contributed by atoms with Gasteiger partial charge < -0.3 is 10.1 Å². The number of anilines is 1. The van der Waals surface area contributed by atoms with E-state index in [-0.39, 0.29) is 4.90 Å². The van der Waals surface area contributed by atoms with Crippen LogP contribution in [0.25, 0.3) is 0 Å². The normalized spacial score (nSPS) is 15.2. The smallest absolute Gasteiger partial charge is 0.256 e. The predicted molar refractivity (Wildman–Crippen MR) is 114 cm³/mol. The Balaban J connectivity index is 1.92. The largest absolute Gasteiger partial charge is 0.495 e. The quantitative estimate of drug-likeness (QED) is 0.754. The van der Waals surface area contributed by atoms with E-state index in [4.69, 9.17) is 16.3 Å². The molecule has 2 aromatic rings. The minimum atomic E-state index is -3.62. The molecule has 0 radical (unpaired) electrons. The van der Waals surface area contributed by atoms with Gasteiger partial charge in [0.1, 0.15) is 5.75 Å². The Morgan fingerprint density at radius 2 is 1.76 bits per heavy atom. The number of halogens is 1. The molecule has 0 spiro atoms. The summed E-state index contributed by atoms with van der Waals surface area (Å²) in [7, 11) is -2.13. The number of nitrogens with one attached hydrogen (secondary N) is 1. The zero-order chi connectivity index (χ0) is 21.2. The molecule has 0 aromatic heterocycles. The molecule has 8 heteroatoms. The van der Waals surface area contributed by atoms with Gasteiger partial charge in [0.25, 0.3) is 5.91 Å². The van der Waals surface area contributed by atoms with E-state index in [1.165, 1.54) is 17.5 Å². The van der Waals surface area contributed by atoms with Crippen molar-refractivity contribution >= 4 is 33.2 Å². The molecule has 1 aliphatic rings. The van der Waals surface area contributed by atoms with Gasteiger partial charge in [0, 0.05) is 29.7 Å². The van der Waals surface area contributed by atoms with Gasteiger partial charge in [-0.05, 0) is 56.0 Å². The highest BCUT2D eigenvalue weighted by atomic mass is 35.5. The third-order valence-corrected chi connectivity index (χ3v) is 7.44. The SMILES string of the molecule is COc1cc(Cl)c(C)cc1NC(=O)c1cc(S(=O)(=O)N2CCCCC2)ccc1C. The van der Waals surface area contributed by atoms with Crippen LogP contribution in [0, 0.1) is 13.8 Å². The van der Waals surface area contributed by atoms with E-state index in [1.54, 1.807) is 31.2 Å². The Hall–Kier alpha value is -2.09. The standard InChI is InChI=1S/C21H25ClN2O4S/c1-14-7-8-16(29(26,27)24-9-5-4-6-10-24)12-17(14)21(25)23-19-11-15(2)18(22)13-20(19)28-3/h7-8,11-13H,4-6,9-10H2,1-3H3,(H,23,25). The van der Waals surface area contributed by atoms with Crippen molar-refractivity contribution in [2.24, 2.45) is 0 Å². The highest BCUT2D eigenvalue weighted by Crippen LogP contribution is 2.32. The number of rotatable bonds is 5. The van der Waals surface area contributed by atoms with E-state index in [9.17, 15) is 13.2 Å². The number of aryl methyl sites for hydroxylation is 2. The first-order valence-corrected chi connectivity index (χ1v) is 11.3. The lowest BCUT2D eigenvalue weighted by Gasteiger charge is -2.26. The number of sulfonamides is 1. The monoisotopic (exact) mass is 436 g/mol. The minimum absolute atomic E-state index is 0.134. The Morgan fingerprint density at radius 3 is 2.41 bits per heavy atom. The summed E-state index contributed by atoms with van der Waals surface area (Å²) in [4.78, 5) is 13.1. The van der Waals surface area contributed by atoms with Crippen LogP contribution in [-0.4, -0.2) is 38.8 Å². The van der Waals surface area contributed by atoms with Crippen molar-refractivity contribution < 1.29 is 17.9 Å². The summed E-state index contributed by atoms with van der Waals surface area (Å²) in [6.07, 6.45) is 2.75. The maximum atomic E-state index is 13.0. The van der Waals surface area contributed by atoms with Gasteiger partial charge in [-0.25, -0.2) is 8.42 Å². The molecule has 1 heterocycles. The minimum Gasteiger partial charge on any atom is -0.495 e. The van der Waals surface area contributed by atoms with E-state index in [2.05, 4.69) is 5.32 Å². The molecule has 156 valence electrons. The fourth-order valence-corrected chi connectivity index (χ4v) is 5.08. The lowest BCUT2D eigenvalue weighted by molar-refractivity contribution is 0.102. The second kappa shape index (κ2) is 8.73. The maximum absolute atomic E-state index is 13.0. The second-order valence-electron chi connectivity index (χ2n) is 7.20. The van der Waals surface area contributed by atoms with Crippen LogP contribution in [0.1, 0.15) is 40.7 Å². The third kappa shape index (κ3) is 4.57. The summed E-state index contributed by atoms with van der Waals surface area (Å²) >= 11 is 6.12. The summed E-state index contributed by atoms with van der Waals surface area (Å²) in [5.74, 6) is 0.0295. The molecule has 6 nitrogen and oxygen atoms in total. The van der Waals surface area contributed by atoms with Crippen LogP contribution in [0.2, 0.25) is 5.02 Å². The first-order chi connectivity index (χ1) is 13.7. The van der Waals surface area contributed by atoms with Gasteiger partial charge >= 0.3 is 0 Å². The Morgan fingerprint density at radius 1 is 1.07 bits per heavy atom. The summed E-state index contributed by atoms with van der Waals surface area (Å²) in [6.45, 7) is 4.63. The van der Waals surface area contributed by atoms with Crippen LogP contribution in [-0.2, 0) is 10.0 Å². The number of nitrogens with zero attached hydrogens (tertiary/aromatic N) is 1. The Kier molecular flexibility index (Phi) is 6.51. The summed E-state index contributed by atoms with van der Waals surface area (Å²) in [6, 6.07) is 8.03. The summed E-state index contributed by atoms with van der Waals surface area (Å²) in [5, 5.41) is 3.35. The van der Waals surface area contributed by atoms with Gasteiger partial charge in [-0.2, -0.15) is 4.31 Å². The molecule has 1 N–H and O–H groups in total. The van der Waals surface area contributed by atoms with Gasteiger partial charge in [0.05, 0.1) is 17.7 Å². The van der Waals surface area contributed by atoms with Gasteiger partial charge in [-0.3, -0.25) is 4.79 Å². The van der Waals surface area contributed by atoms with Gasteiger partial charge in [-0.1, -0.05) is 24.1 Å². The van der Waals surface area contributed by atoms with Gasteiger partial charge in [-0.15, -0.1) is 0 Å². The van der Waals surface area contributed by atoms with Crippen LogP contribution in [0.4, 0.5) is 5.69 Å². The van der Waals surface area contributed by atoms with Crippen LogP contribution in [0.3, 0.4) is 0 Å². The van der Waals surface area contributed by atoms with Crippen LogP contribution < -0.4 is 10.1 Å². The number of carbonyl (C=O) groups excluding carboxylic acids is 1. The van der Waals surface area contributed by atoms with Crippen molar-refractivity contribution in [3.05, 3.63) is 52.0 Å². The molecule has 1 fully saturated rings. The van der Waals surface area contributed by atoms with Crippen molar-refractivity contribution in [1.29, 1.82) is 0 Å². The Bertz CT molecular complexity index is 1030. The van der Waals surface area contributed by atoms with E-state index in [0.29, 0.717) is 40.7 Å². The second-order valence-corrected chi connectivity index (χ2v) is 9.54. The highest BCUT2D eigenvalue weighted by Gasteiger charge is 2.27. The predicted octanol–water partition coefficient (Wildman–Crippen LogP) is 4.39. The fraction of sp³-hybridized carbons (Fsp3) is 0.381. The molecule has 1 aliphatic heterocycles. The molecule has 1 saturated heterocycles. The molecule has 0 unspecified atom stereocenters. The number of hydrogen-bond donors (Lipinski definition) is 1. The zero-order valence-electron chi connectivity index (χ0n) is 16.8. The summed E-state index contributed by atoms with van der Waals surface area (Å²) in [5.41, 5.74) is 2.26. The van der Waals surface area contributed by atoms with Gasteiger partial charge in [0.2, 0.25) is 10.0 Å². The molecule has 3 rings (SSSR count). The van der Waals surface area contributed by atoms with Crippen molar-refractivity contribution in [3.8, 4) is 5.75 Å². The molecule has 29 heavy (non-hydrogen) atoms. The highest BCUT2D eigenvalue weighted by molar-refractivity contribution is 7.89. The summed E-state index contributed by atoms with van der Waals surface area (Å²) < 4.78 is 32.7. The van der Waals surface area contributed by atoms with Gasteiger partial charge in [0.15, 0.2) is 0 Å². The van der Waals surface area contributed by atoms with Crippen molar-refractivity contribution in [3.63, 3.8) is 0 Å². The fourth-order valence-electron chi connectivity index (χ4n) is 3.38. The lowest BCUT2D eigenvalue weighted by atomic mass is 10.1. The van der Waals surface area contributed by atoms with Crippen LogP contribution in [0.5, 0.6) is 5.75 Å². The average Bonchev–Trinajstić information content (AvgIpc) is 2.71. The topological polar surface area (TPSA) is 75.7 Å². The molecule has 1 amide bonds. The molecular formula is C21H25ClN2O4S. The van der Waals surface area contributed by atoms with Crippen LogP contribution in [0.15, 0.2) is 35.2 Å². The van der Waals surface area contributed by atoms with E-state index >= 15 is 0 Å². The third-order valence-electron chi connectivity index (χ3n) is 5.14. The molecule has 0 atom stereocenters. The molecule has 0 saturated carbocycles. The number of carbonyl (C=O) groups is 1. The van der Waals surface area contributed by atoms with E-state index < -0.39 is 15.9 Å². The number of methoxy groups -OCH3 is 1. The number of amides is 1. The molecular weight excluding hydrogens is 412 g/mol. The molecule has 0 aliphatic carbocycles. The van der Waals surface area contributed by atoms with E-state index in [0.717, 1.165) is 24.8 Å². The number of piperidine rings is 1. The van der Waals surface area contributed by atoms with Crippen molar-refractivity contribution in [2.45, 2.75) is 38.0 Å². The Labute approximate surface area is 176 Å². The van der Waals surface area contributed by atoms with Crippen molar-refractivity contribution in [2.75, 3.05) is 25.5 Å². The first-order valence-electron chi connectivity index (χ1n) is 9.50. The zero-order valence-corrected chi connectivity index (χ0v) is 18.4. The molecule has 2 aromatic carbocycles. The average molecular weight is 437 g/mol. The van der Waals surface area contributed by atoms with Crippen LogP contribution >= 0.6 is 11.6 Å². The maximum Gasteiger partial charge on any atom is 0.256 e. The lowest BCUT2D eigenvalue weighted by Crippen LogP contribution is -2.35. The number of ether oxygens (including phenoxy) is 1.